The number of hydrogen-bond acceptors (Lipinski definition) is 9. The Morgan fingerprint density at radius 1 is 0.774 bits per heavy atom. The molecule has 0 saturated carbocycles. The molecule has 0 radical (unpaired) electrons. The van der Waals surface area contributed by atoms with Gasteiger partial charge in [-0.2, -0.15) is 9.35 Å². The lowest BCUT2D eigenvalue weighted by molar-refractivity contribution is -0.0698. The minimum Gasteiger partial charge on any atom is -0.393 e. The first-order chi connectivity index (χ1) is 14.6. The summed E-state index contributed by atoms with van der Waals surface area (Å²) in [6.07, 6.45) is 3.08. The van der Waals surface area contributed by atoms with Crippen LogP contribution in [0.15, 0.2) is 0 Å². The molecule has 0 bridgehead atoms. The topological polar surface area (TPSA) is 140 Å². The van der Waals surface area contributed by atoms with E-state index in [1.807, 2.05) is 6.92 Å². The highest BCUT2D eigenvalue weighted by molar-refractivity contribution is 7.79. The molecule has 0 fully saturated rings. The van der Waals surface area contributed by atoms with Gasteiger partial charge in [-0.05, 0) is 64.7 Å². The van der Waals surface area contributed by atoms with Crippen molar-refractivity contribution in [3.05, 3.63) is 0 Å². The Hall–Kier alpha value is -0.170. The molecule has 0 rings (SSSR count). The van der Waals surface area contributed by atoms with E-state index in [0.717, 1.165) is 6.42 Å². The highest BCUT2D eigenvalue weighted by Gasteiger charge is 2.15. The normalized spacial score (nSPS) is 18.0. The van der Waals surface area contributed by atoms with Crippen molar-refractivity contribution in [2.24, 2.45) is 0 Å². The van der Waals surface area contributed by atoms with Crippen LogP contribution >= 0.6 is 0 Å². The number of rotatable bonds is 21. The summed E-state index contributed by atoms with van der Waals surface area (Å²) in [6.45, 7) is 5.26. The fraction of sp³-hybridized carbons (Fsp3) is 1.00. The number of aliphatic hydroxyl groups excluding tert-OH is 5. The Morgan fingerprint density at radius 3 is 1.65 bits per heavy atom. The first-order valence-corrected chi connectivity index (χ1v) is 12.9. The summed E-state index contributed by atoms with van der Waals surface area (Å²) in [7, 11) is 0. The summed E-state index contributed by atoms with van der Waals surface area (Å²) in [5.74, 6) is 0. The van der Waals surface area contributed by atoms with Gasteiger partial charge in [0.2, 0.25) is 0 Å². The van der Waals surface area contributed by atoms with Gasteiger partial charge < -0.3 is 30.3 Å². The number of nitrogens with zero attached hydrogens (tertiary/aromatic N) is 1. The molecule has 188 valence electrons. The Balaban J connectivity index is 3.81. The summed E-state index contributed by atoms with van der Waals surface area (Å²) < 4.78 is 21.7. The molecule has 31 heavy (non-hydrogen) atoms. The maximum absolute atomic E-state index is 11.1. The lowest BCUT2D eigenvalue weighted by Crippen LogP contribution is -2.30. The van der Waals surface area contributed by atoms with E-state index in [2.05, 4.69) is 0 Å². The van der Waals surface area contributed by atoms with Crippen molar-refractivity contribution in [1.82, 2.24) is 5.06 Å². The molecule has 0 amide bonds. The highest BCUT2D eigenvalue weighted by atomic mass is 32.2. The number of hydrogen-bond donors (Lipinski definition) is 5. The summed E-state index contributed by atoms with van der Waals surface area (Å²) in [5.41, 5.74) is 0. The van der Waals surface area contributed by atoms with Gasteiger partial charge >= 0.3 is 0 Å². The molecule has 0 aromatic heterocycles. The molecular formula is C21H45NO8S. The van der Waals surface area contributed by atoms with E-state index in [0.29, 0.717) is 71.1 Å². The monoisotopic (exact) mass is 471 g/mol. The number of aliphatic hydroxyl groups is 5. The smallest absolute Gasteiger partial charge is 0.170 e. The standard InChI is InChI=1S/C21H45NO8S/c1-4-13-22(30-31(3)28)14-15-29-16-21(27)12-11-20(26)10-9-19(25)8-7-18(24)6-5-17(2)23/h17-21,23-27H,4-16H2,1-3H3. The first kappa shape index (κ1) is 30.8. The van der Waals surface area contributed by atoms with E-state index >= 15 is 0 Å². The van der Waals surface area contributed by atoms with E-state index in [1.165, 1.54) is 6.26 Å². The van der Waals surface area contributed by atoms with Gasteiger partial charge in [-0.15, -0.1) is 0 Å². The maximum Gasteiger partial charge on any atom is 0.170 e. The lowest BCUT2D eigenvalue weighted by Gasteiger charge is -2.20. The van der Waals surface area contributed by atoms with Crippen molar-refractivity contribution >= 4 is 11.1 Å². The minimum atomic E-state index is -1.38. The molecule has 0 aliphatic carbocycles. The SMILES string of the molecule is CCCN(CCOCC(O)CCC(O)CCC(O)CCC(O)CCC(C)O)OS(C)=O. The van der Waals surface area contributed by atoms with Crippen LogP contribution in [-0.4, -0.2) is 97.9 Å². The van der Waals surface area contributed by atoms with Crippen molar-refractivity contribution in [3.63, 3.8) is 0 Å². The van der Waals surface area contributed by atoms with E-state index in [-0.39, 0.29) is 6.61 Å². The largest absolute Gasteiger partial charge is 0.393 e. The summed E-state index contributed by atoms with van der Waals surface area (Å²) in [5, 5.41) is 50.7. The third-order valence-electron chi connectivity index (χ3n) is 4.90. The van der Waals surface area contributed by atoms with Crippen LogP contribution in [0.1, 0.15) is 71.6 Å². The molecule has 0 aliphatic heterocycles. The Bertz CT molecular complexity index is 444. The average molecular weight is 472 g/mol. The molecule has 9 nitrogen and oxygen atoms in total. The molecular weight excluding hydrogens is 426 g/mol. The van der Waals surface area contributed by atoms with E-state index in [4.69, 9.17) is 9.02 Å². The van der Waals surface area contributed by atoms with Crippen LogP contribution in [0, 0.1) is 0 Å². The van der Waals surface area contributed by atoms with Gasteiger partial charge in [0.15, 0.2) is 11.1 Å². The van der Waals surface area contributed by atoms with Crippen LogP contribution in [0.2, 0.25) is 0 Å². The first-order valence-electron chi connectivity index (χ1n) is 11.4. The van der Waals surface area contributed by atoms with Crippen LogP contribution in [0.3, 0.4) is 0 Å². The molecule has 6 atom stereocenters. The van der Waals surface area contributed by atoms with E-state index in [9.17, 15) is 29.7 Å². The summed E-state index contributed by atoms with van der Waals surface area (Å²) in [6, 6.07) is 0. The van der Waals surface area contributed by atoms with Crippen LogP contribution in [0.4, 0.5) is 0 Å². The van der Waals surface area contributed by atoms with Gasteiger partial charge in [0.1, 0.15) is 0 Å². The van der Waals surface area contributed by atoms with Gasteiger partial charge in [-0.3, -0.25) is 0 Å². The van der Waals surface area contributed by atoms with Crippen molar-refractivity contribution in [1.29, 1.82) is 0 Å². The molecule has 0 saturated heterocycles. The van der Waals surface area contributed by atoms with Gasteiger partial charge in [-0.1, -0.05) is 6.92 Å². The molecule has 0 aliphatic rings. The second kappa shape index (κ2) is 19.3. The zero-order chi connectivity index (χ0) is 23.6. The van der Waals surface area contributed by atoms with Crippen LogP contribution < -0.4 is 0 Å². The zero-order valence-electron chi connectivity index (χ0n) is 19.4. The maximum atomic E-state index is 11.1. The van der Waals surface area contributed by atoms with Crippen LogP contribution in [0.25, 0.3) is 0 Å². The molecule has 0 aromatic rings. The predicted molar refractivity (Wildman–Crippen MR) is 120 cm³/mol. The molecule has 0 aromatic carbocycles. The molecule has 0 spiro atoms. The fourth-order valence-electron chi connectivity index (χ4n) is 3.07. The van der Waals surface area contributed by atoms with Crippen LogP contribution in [0.5, 0.6) is 0 Å². The van der Waals surface area contributed by atoms with E-state index < -0.39 is 41.6 Å². The van der Waals surface area contributed by atoms with E-state index in [1.54, 1.807) is 12.0 Å². The average Bonchev–Trinajstić information content (AvgIpc) is 2.70. The molecule has 0 heterocycles. The minimum absolute atomic E-state index is 0.148. The Labute approximate surface area is 190 Å². The number of ether oxygens (including phenoxy) is 1. The van der Waals surface area contributed by atoms with Crippen molar-refractivity contribution < 1.29 is 38.8 Å². The third kappa shape index (κ3) is 20.2. The zero-order valence-corrected chi connectivity index (χ0v) is 20.2. The van der Waals surface area contributed by atoms with Gasteiger partial charge in [0.05, 0.1) is 43.7 Å². The molecule has 10 heteroatoms. The van der Waals surface area contributed by atoms with Crippen molar-refractivity contribution in [2.45, 2.75) is 102 Å². The molecule has 6 unspecified atom stereocenters. The fourth-order valence-corrected chi connectivity index (χ4v) is 3.52. The Kier molecular flexibility index (Phi) is 19.2. The summed E-state index contributed by atoms with van der Waals surface area (Å²) in [4.78, 5) is 0. The predicted octanol–water partition coefficient (Wildman–Crippen LogP) is 0.885. The van der Waals surface area contributed by atoms with Crippen molar-refractivity contribution in [2.75, 3.05) is 32.6 Å². The van der Waals surface area contributed by atoms with Crippen LogP contribution in [-0.2, 0) is 20.1 Å². The third-order valence-corrected chi connectivity index (χ3v) is 5.32. The lowest BCUT2D eigenvalue weighted by atomic mass is 9.99. The van der Waals surface area contributed by atoms with Gasteiger partial charge in [0.25, 0.3) is 0 Å². The second-order valence-corrected chi connectivity index (χ2v) is 9.21. The van der Waals surface area contributed by atoms with Crippen molar-refractivity contribution in [3.8, 4) is 0 Å². The Morgan fingerprint density at radius 2 is 1.23 bits per heavy atom. The highest BCUT2D eigenvalue weighted by Crippen LogP contribution is 2.14. The van der Waals surface area contributed by atoms with Gasteiger partial charge in [0, 0.05) is 19.3 Å². The van der Waals surface area contributed by atoms with Gasteiger partial charge in [-0.25, -0.2) is 4.21 Å². The second-order valence-electron chi connectivity index (χ2n) is 8.25. The quantitative estimate of drug-likeness (QED) is 0.122. The summed E-state index contributed by atoms with van der Waals surface area (Å²) >= 11 is -1.38. The number of hydroxylamine groups is 2. The molecule has 5 N–H and O–H groups in total.